The van der Waals surface area contributed by atoms with Crippen LogP contribution < -0.4 is 28.3 Å². The Hall–Kier alpha value is -2.51. The summed E-state index contributed by atoms with van der Waals surface area (Å²) in [4.78, 5) is 14.2. The van der Waals surface area contributed by atoms with Crippen LogP contribution in [0, 0.1) is 0 Å². The zero-order valence-corrected chi connectivity index (χ0v) is 20.7. The summed E-state index contributed by atoms with van der Waals surface area (Å²) >= 11 is 0. The third-order valence-corrected chi connectivity index (χ3v) is 12.3. The topological polar surface area (TPSA) is 17.1 Å². The molecule has 4 aromatic rings. The van der Waals surface area contributed by atoms with E-state index in [1.54, 1.807) is 0 Å². The molecule has 0 aromatic heterocycles. The third-order valence-electron chi connectivity index (χ3n) is 5.35. The fourth-order valence-electron chi connectivity index (χ4n) is 4.08. The second-order valence-corrected chi connectivity index (χ2v) is 13.2. The highest BCUT2D eigenvalue weighted by molar-refractivity contribution is 8.24. The molecule has 0 N–H and O–H groups in total. The lowest BCUT2D eigenvalue weighted by atomic mass is 10.1. The molecule has 4 aromatic carbocycles. The van der Waals surface area contributed by atoms with Gasteiger partial charge in [-0.25, -0.2) is 0 Å². The molecule has 32 heavy (non-hydrogen) atoms. The van der Waals surface area contributed by atoms with Gasteiger partial charge in [0.15, 0.2) is 0 Å². The predicted octanol–water partition coefficient (Wildman–Crippen LogP) is 1.88. The lowest BCUT2D eigenvalue weighted by Gasteiger charge is -2.29. The second kappa shape index (κ2) is 10.9. The largest absolute Gasteiger partial charge is 1.00 e. The summed E-state index contributed by atoms with van der Waals surface area (Å²) < 4.78 is 1.02. The average Bonchev–Trinajstić information content (AvgIpc) is 2.84. The average molecular weight is 477 g/mol. The van der Waals surface area contributed by atoms with E-state index in [1.165, 1.54) is 15.9 Å². The molecule has 0 radical (unpaired) electrons. The quantitative estimate of drug-likeness (QED) is 0.236. The van der Waals surface area contributed by atoms with E-state index < -0.39 is 6.89 Å². The van der Waals surface area contributed by atoms with Gasteiger partial charge in [-0.15, -0.1) is 0 Å². The van der Waals surface area contributed by atoms with E-state index in [2.05, 4.69) is 85.3 Å². The summed E-state index contributed by atoms with van der Waals surface area (Å²) in [5.41, 5.74) is 0.755. The molecule has 0 atom stereocenters. The van der Waals surface area contributed by atoms with Crippen LogP contribution in [0.3, 0.4) is 0 Å². The van der Waals surface area contributed by atoms with Crippen molar-refractivity contribution < 1.29 is 17.2 Å². The number of carbonyl (C=O) groups excluding carboxylic acids is 1. The molecule has 0 bridgehead atoms. The Kier molecular flexibility index (Phi) is 8.21. The first kappa shape index (κ1) is 24.1. The smallest absolute Gasteiger partial charge is 0.241 e. The maximum absolute atomic E-state index is 14.2. The maximum Gasteiger partial charge on any atom is 0.241 e. The number of halogens is 1. The van der Waals surface area contributed by atoms with Crippen LogP contribution in [0.1, 0.15) is 10.4 Å². The second-order valence-electron chi connectivity index (χ2n) is 7.49. The number of carbonyl (C=O) groups is 1. The van der Waals surface area contributed by atoms with Gasteiger partial charge in [-0.3, -0.25) is 4.79 Å². The molecule has 0 saturated carbocycles. The van der Waals surface area contributed by atoms with Crippen LogP contribution in [-0.4, -0.2) is 22.9 Å². The van der Waals surface area contributed by atoms with Gasteiger partial charge in [0.1, 0.15) is 12.5 Å². The number of rotatable bonds is 6. The van der Waals surface area contributed by atoms with Crippen LogP contribution >= 0.6 is 6.89 Å². The van der Waals surface area contributed by atoms with Gasteiger partial charge >= 0.3 is 0 Å². The van der Waals surface area contributed by atoms with E-state index in [0.717, 1.165) is 10.2 Å². The summed E-state index contributed by atoms with van der Waals surface area (Å²) in [7, 11) is -0.238. The summed E-state index contributed by atoms with van der Waals surface area (Å²) in [5, 5.41) is 3.65. The Morgan fingerprint density at radius 3 is 1.19 bits per heavy atom. The van der Waals surface area contributed by atoms with E-state index in [1.807, 2.05) is 48.5 Å². The van der Waals surface area contributed by atoms with Crippen molar-refractivity contribution in [2.75, 3.05) is 12.5 Å². The number of hydrogen-bond donors (Lipinski definition) is 0. The van der Waals surface area contributed by atoms with Gasteiger partial charge in [-0.2, -0.15) is 0 Å². The Morgan fingerprint density at radius 1 is 0.562 bits per heavy atom. The van der Waals surface area contributed by atoms with Crippen LogP contribution in [0.25, 0.3) is 0 Å². The molecule has 0 heterocycles. The molecule has 162 valence electrons. The van der Waals surface area contributed by atoms with Crippen molar-refractivity contribution in [2.45, 2.75) is 0 Å². The SMILES string of the molecule is C[S+](C)C(C(=O)c1ccccc1)=P(c1ccccc1)(c1ccccc1)c1ccccc1.[Cl-]. The molecule has 0 aliphatic carbocycles. The van der Waals surface area contributed by atoms with Crippen molar-refractivity contribution >= 4 is 44.1 Å². The van der Waals surface area contributed by atoms with Crippen molar-refractivity contribution in [1.82, 2.24) is 0 Å². The van der Waals surface area contributed by atoms with Crippen LogP contribution in [0.15, 0.2) is 121 Å². The molecule has 0 saturated heterocycles. The maximum atomic E-state index is 14.2. The van der Waals surface area contributed by atoms with Gasteiger partial charge in [0.05, 0.1) is 0 Å². The van der Waals surface area contributed by atoms with Gasteiger partial charge in [0.25, 0.3) is 0 Å². The molecule has 4 rings (SSSR count). The Bertz CT molecular complexity index is 1100. The lowest BCUT2D eigenvalue weighted by Crippen LogP contribution is -3.00. The zero-order chi connectivity index (χ0) is 21.7. The van der Waals surface area contributed by atoms with E-state index in [-0.39, 0.29) is 29.1 Å². The third kappa shape index (κ3) is 4.50. The number of ketones is 1. The van der Waals surface area contributed by atoms with Crippen molar-refractivity contribution in [1.29, 1.82) is 0 Å². The zero-order valence-electron chi connectivity index (χ0n) is 18.2. The predicted molar refractivity (Wildman–Crippen MR) is 140 cm³/mol. The fourth-order valence-corrected chi connectivity index (χ4v) is 11.6. The summed E-state index contributed by atoms with van der Waals surface area (Å²) in [6.45, 7) is -2.36. The van der Waals surface area contributed by atoms with Gasteiger partial charge in [-0.05, 0) is 15.9 Å². The van der Waals surface area contributed by atoms with Crippen LogP contribution in [0.5, 0.6) is 0 Å². The van der Waals surface area contributed by atoms with Crippen LogP contribution in [0.4, 0.5) is 0 Å². The Morgan fingerprint density at radius 2 is 0.875 bits per heavy atom. The first-order valence-corrected chi connectivity index (χ1v) is 14.1. The summed E-state index contributed by atoms with van der Waals surface area (Å²) in [5.74, 6) is 0.152. The highest BCUT2D eigenvalue weighted by atomic mass is 35.5. The van der Waals surface area contributed by atoms with Crippen molar-refractivity contribution in [3.8, 4) is 0 Å². The highest BCUT2D eigenvalue weighted by Crippen LogP contribution is 2.47. The minimum absolute atomic E-state index is 0. The minimum atomic E-state index is -2.36. The van der Waals surface area contributed by atoms with Crippen LogP contribution in [0.2, 0.25) is 0 Å². The van der Waals surface area contributed by atoms with E-state index in [4.69, 9.17) is 0 Å². The number of benzene rings is 4. The number of Topliss-reactive ketones (excluding diaryl/α,β-unsaturated/α-hetero) is 1. The normalized spacial score (nSPS) is 11.0. The molecule has 0 fully saturated rings. The standard InChI is InChI=1S/C28H26OPS.ClH/c1-31(2)28(27(29)23-15-7-3-8-16-23)30(24-17-9-4-10-18-24,25-19-11-5-12-20-25)26-21-13-6-14-22-26;/h3-22H,1-2H3;1H/q+1;/p-1. The molecular weight excluding hydrogens is 451 g/mol. The Labute approximate surface area is 200 Å². The first-order valence-electron chi connectivity index (χ1n) is 10.3. The molecule has 4 heteroatoms. The van der Waals surface area contributed by atoms with Gasteiger partial charge in [-0.1, -0.05) is 121 Å². The van der Waals surface area contributed by atoms with Gasteiger partial charge < -0.3 is 12.4 Å². The van der Waals surface area contributed by atoms with Crippen molar-refractivity contribution in [2.24, 2.45) is 0 Å². The summed E-state index contributed by atoms with van der Waals surface area (Å²) in [6, 6.07) is 41.5. The van der Waals surface area contributed by atoms with Crippen molar-refractivity contribution in [3.63, 3.8) is 0 Å². The van der Waals surface area contributed by atoms with E-state index in [0.29, 0.717) is 0 Å². The monoisotopic (exact) mass is 476 g/mol. The molecule has 0 unspecified atom stereocenters. The fraction of sp³-hybridized carbons (Fsp3) is 0.0714. The Balaban J connectivity index is 0.00000289. The van der Waals surface area contributed by atoms with Gasteiger partial charge in [0.2, 0.25) is 10.4 Å². The molecule has 1 nitrogen and oxygen atoms in total. The molecule has 0 amide bonds. The molecule has 0 aliphatic heterocycles. The highest BCUT2D eigenvalue weighted by Gasteiger charge is 2.40. The minimum Gasteiger partial charge on any atom is -1.00 e. The van der Waals surface area contributed by atoms with Gasteiger partial charge in [0, 0.05) is 23.3 Å². The molecular formula is C28H26ClOPS. The van der Waals surface area contributed by atoms with E-state index >= 15 is 0 Å². The number of hydrogen-bond acceptors (Lipinski definition) is 1. The van der Waals surface area contributed by atoms with E-state index in [9.17, 15) is 4.79 Å². The van der Waals surface area contributed by atoms with Crippen LogP contribution in [-0.2, 0) is 10.9 Å². The lowest BCUT2D eigenvalue weighted by molar-refractivity contribution is -0.0000131. The first-order chi connectivity index (χ1) is 15.2. The molecule has 0 spiro atoms. The molecule has 0 aliphatic rings. The van der Waals surface area contributed by atoms with Crippen molar-refractivity contribution in [3.05, 3.63) is 127 Å². The summed E-state index contributed by atoms with van der Waals surface area (Å²) in [6.07, 6.45) is 4.36.